The van der Waals surface area contributed by atoms with E-state index in [-0.39, 0.29) is 110 Å². The lowest BCUT2D eigenvalue weighted by Gasteiger charge is -2.45. The van der Waals surface area contributed by atoms with Crippen LogP contribution < -0.4 is 53.2 Å². The molecule has 2 saturated heterocycles. The Balaban J connectivity index is 2.24. The fraction of sp³-hybridized carbons (Fsp3) is 0.857. The summed E-state index contributed by atoms with van der Waals surface area (Å²) in [6.07, 6.45) is -23.5. The third kappa shape index (κ3) is 37.7. The summed E-state index contributed by atoms with van der Waals surface area (Å²) >= 11 is 0. The van der Waals surface area contributed by atoms with Crippen LogP contribution in [0, 0.1) is 0 Å². The van der Waals surface area contributed by atoms with Crippen LogP contribution in [-0.2, 0) is 100 Å². The van der Waals surface area contributed by atoms with Crippen LogP contribution in [0.5, 0.6) is 0 Å². The van der Waals surface area contributed by atoms with E-state index in [0.717, 1.165) is 14.2 Å². The lowest BCUT2D eigenvalue weighted by Crippen LogP contribution is -2.65. The molecule has 0 aromatic heterocycles. The van der Waals surface area contributed by atoms with Crippen molar-refractivity contribution in [2.75, 3.05) is 74.0 Å². The Labute approximate surface area is 642 Å². The highest BCUT2D eigenvalue weighted by Crippen LogP contribution is 2.32. The van der Waals surface area contributed by atoms with Crippen LogP contribution >= 0.6 is 0 Å². The van der Waals surface area contributed by atoms with Gasteiger partial charge in [-0.25, -0.2) is 0 Å². The molecule has 19 N–H and O–H groups in total. The largest absolute Gasteiger partial charge is 0.388 e. The number of carbonyl (C=O) groups is 10. The third-order valence-corrected chi connectivity index (χ3v) is 17.1. The fourth-order valence-corrected chi connectivity index (χ4v) is 13.1. The number of aliphatic hydroxyl groups is 9. The standard InChI is InChI=1S/C70H128N10O30/c1-37(81)74-41(51(91)54(94)59(97)100-17)32-106-68(11,12)34-65(5,6)78-46(88)20-26-71-43(85)23-29-103-57-50(77-40(4)84)62(102-19)109-64(105-31-25-45(87)73-28-21-47(89)79-66(7,8)35-69(13,14)107-33-42(75-38(2)82)52(92)55(95)60(98)101-18)58(57)104-30-24-44(86)72-27-22-48(90)80-67(9,10)36-70(15,16)110-63-49(76-39(3)83)53(93)56(96)61(99)108-63/h41-42,49-64,91-99H,20-36H2,1-19H3,(H,71,85)(H,72,86)(H,73,87)(H,74,81)(H,75,82)(H,76,83)(H,77,84)(H,78,88)(H,79,89)(H,80,90)/t41-,42-,49?,50?,51?,52?,53?,54?,55?,56?,57?,58?,59?,60?,61?,62+,63-,64?/m1/s1. The maximum absolute atomic E-state index is 13.4. The van der Waals surface area contributed by atoms with Gasteiger partial charge < -0.3 is 151 Å². The number of hydrogen-bond acceptors (Lipinski definition) is 30. The summed E-state index contributed by atoms with van der Waals surface area (Å²) in [4.78, 5) is 129. The van der Waals surface area contributed by atoms with Crippen molar-refractivity contribution >= 4 is 59.1 Å². The number of nitrogens with one attached hydrogen (secondary N) is 10. The van der Waals surface area contributed by atoms with Crippen molar-refractivity contribution < 1.29 is 146 Å². The molecule has 18 atom stereocenters. The van der Waals surface area contributed by atoms with E-state index in [2.05, 4.69) is 53.2 Å². The molecule has 40 heteroatoms. The van der Waals surface area contributed by atoms with Gasteiger partial charge in [0, 0.05) is 117 Å². The van der Waals surface area contributed by atoms with Crippen LogP contribution in [0.4, 0.5) is 0 Å². The van der Waals surface area contributed by atoms with Crippen LogP contribution in [0.15, 0.2) is 0 Å². The molecule has 40 nitrogen and oxygen atoms in total. The minimum Gasteiger partial charge on any atom is -0.388 e. The van der Waals surface area contributed by atoms with Crippen LogP contribution in [0.25, 0.3) is 0 Å². The minimum absolute atomic E-state index is 0.115. The van der Waals surface area contributed by atoms with Crippen molar-refractivity contribution in [2.24, 2.45) is 0 Å². The van der Waals surface area contributed by atoms with E-state index in [0.29, 0.717) is 0 Å². The molecular weight excluding hydrogens is 1460 g/mol. The average Bonchev–Trinajstić information content (AvgIpc) is 0.795. The Hall–Kier alpha value is -6.10. The number of rotatable bonds is 51. The second-order valence-electron chi connectivity index (χ2n) is 31.2. The Bertz CT molecular complexity index is 2910. The maximum atomic E-state index is 13.4. The molecule has 0 aliphatic carbocycles. The molecule has 110 heavy (non-hydrogen) atoms. The molecule has 0 aromatic carbocycles. The highest BCUT2D eigenvalue weighted by atomic mass is 16.8. The molecule has 2 rings (SSSR count). The molecule has 2 aliphatic rings. The second kappa shape index (κ2) is 46.3. The van der Waals surface area contributed by atoms with E-state index in [1.165, 1.54) is 34.8 Å². The summed E-state index contributed by atoms with van der Waals surface area (Å²) in [6.45, 7) is 23.2. The van der Waals surface area contributed by atoms with Gasteiger partial charge in [-0.1, -0.05) is 0 Å². The third-order valence-electron chi connectivity index (χ3n) is 17.1. The average molecular weight is 1590 g/mol. The first-order valence-electron chi connectivity index (χ1n) is 36.4. The van der Waals surface area contributed by atoms with Crippen LogP contribution in [0.1, 0.15) is 169 Å². The van der Waals surface area contributed by atoms with E-state index in [9.17, 15) is 93.9 Å². The van der Waals surface area contributed by atoms with Crippen LogP contribution in [0.3, 0.4) is 0 Å². The number of amides is 10. The molecule has 14 unspecified atom stereocenters. The van der Waals surface area contributed by atoms with E-state index in [4.69, 9.17) is 52.1 Å². The maximum Gasteiger partial charge on any atom is 0.222 e. The molecular formula is C70H128N10O30. The first kappa shape index (κ1) is 100.0. The van der Waals surface area contributed by atoms with Crippen molar-refractivity contribution in [3.63, 3.8) is 0 Å². The lowest BCUT2D eigenvalue weighted by molar-refractivity contribution is -0.335. The molecule has 0 spiro atoms. The van der Waals surface area contributed by atoms with Gasteiger partial charge in [-0.15, -0.1) is 0 Å². The van der Waals surface area contributed by atoms with Gasteiger partial charge in [0.05, 0.1) is 68.3 Å². The van der Waals surface area contributed by atoms with Crippen molar-refractivity contribution in [1.82, 2.24) is 53.2 Å². The molecule has 0 aromatic rings. The quantitative estimate of drug-likeness (QED) is 0.0253. The first-order chi connectivity index (χ1) is 50.8. The summed E-state index contributed by atoms with van der Waals surface area (Å²) in [5, 5.41) is 120. The Morgan fingerprint density at radius 3 is 1.11 bits per heavy atom. The summed E-state index contributed by atoms with van der Waals surface area (Å²) in [7, 11) is 3.51. The number of methoxy groups -OCH3 is 3. The highest BCUT2D eigenvalue weighted by Gasteiger charge is 2.51. The van der Waals surface area contributed by atoms with E-state index < -0.39 is 203 Å². The molecule has 2 fully saturated rings. The van der Waals surface area contributed by atoms with Crippen molar-refractivity contribution in [2.45, 2.75) is 313 Å². The fourth-order valence-electron chi connectivity index (χ4n) is 13.1. The predicted octanol–water partition coefficient (Wildman–Crippen LogP) is -5.18. The molecule has 0 saturated carbocycles. The number of ether oxygens (including phenoxy) is 11. The Kier molecular flexibility index (Phi) is 42.1. The molecule has 638 valence electrons. The second-order valence-corrected chi connectivity index (χ2v) is 31.2. The van der Waals surface area contributed by atoms with Gasteiger partial charge in [0.15, 0.2) is 37.7 Å². The summed E-state index contributed by atoms with van der Waals surface area (Å²) < 4.78 is 63.5. The normalized spacial score (nSPS) is 22.9. The molecule has 10 amide bonds. The Morgan fingerprint density at radius 1 is 0.400 bits per heavy atom. The SMILES string of the molecule is COC(O)C(O)C(O)[C@@H](COC(C)(C)CC(C)(C)NC(=O)CCNC(=O)CCOC1O[C@H](OC)C(NC(C)=O)C(OCCC(=O)NCCC(=O)NC(C)(C)CC(C)(C)OC[C@@H](NC(C)=O)C(O)C(O)C(O)OC)C1OCCC(=O)NCCC(=O)NC(C)(C)CC(C)(C)O[C@H]1OC(O)C(O)C(O)C1NC(C)=O)NC(C)=O. The van der Waals surface area contributed by atoms with Gasteiger partial charge in [0.1, 0.15) is 60.9 Å². The van der Waals surface area contributed by atoms with E-state index in [1.54, 1.807) is 83.1 Å². The zero-order valence-corrected chi connectivity index (χ0v) is 67.0. The van der Waals surface area contributed by atoms with Crippen LogP contribution in [-0.4, -0.2) is 323 Å². The van der Waals surface area contributed by atoms with Gasteiger partial charge in [0.2, 0.25) is 59.1 Å². The van der Waals surface area contributed by atoms with E-state index >= 15 is 0 Å². The van der Waals surface area contributed by atoms with Gasteiger partial charge >= 0.3 is 0 Å². The molecule has 2 heterocycles. The molecule has 0 bridgehead atoms. The number of aliphatic hydroxyl groups excluding tert-OH is 9. The summed E-state index contributed by atoms with van der Waals surface area (Å²) in [5.74, 6) is -5.28. The van der Waals surface area contributed by atoms with Gasteiger partial charge in [-0.05, 0) is 102 Å². The first-order valence-corrected chi connectivity index (χ1v) is 36.4. The molecule has 2 aliphatic heterocycles. The van der Waals surface area contributed by atoms with Crippen molar-refractivity contribution in [3.8, 4) is 0 Å². The van der Waals surface area contributed by atoms with Gasteiger partial charge in [-0.2, -0.15) is 0 Å². The van der Waals surface area contributed by atoms with Crippen molar-refractivity contribution in [1.29, 1.82) is 0 Å². The van der Waals surface area contributed by atoms with Gasteiger partial charge in [0.25, 0.3) is 0 Å². The van der Waals surface area contributed by atoms with Crippen molar-refractivity contribution in [3.05, 3.63) is 0 Å². The Morgan fingerprint density at radius 2 is 0.755 bits per heavy atom. The smallest absolute Gasteiger partial charge is 0.222 e. The predicted molar refractivity (Wildman–Crippen MR) is 387 cm³/mol. The van der Waals surface area contributed by atoms with Crippen LogP contribution in [0.2, 0.25) is 0 Å². The zero-order valence-electron chi connectivity index (χ0n) is 67.0. The molecule has 0 radical (unpaired) electrons. The van der Waals surface area contributed by atoms with Gasteiger partial charge in [-0.3, -0.25) is 47.9 Å². The monoisotopic (exact) mass is 1590 g/mol. The lowest BCUT2D eigenvalue weighted by atomic mass is 9.88. The summed E-state index contributed by atoms with van der Waals surface area (Å²) in [5.41, 5.74) is -5.96. The summed E-state index contributed by atoms with van der Waals surface area (Å²) in [6, 6.07) is -4.75. The van der Waals surface area contributed by atoms with E-state index in [1.807, 2.05) is 0 Å². The topological polar surface area (TPSA) is 575 Å². The minimum atomic E-state index is -1.83. The highest BCUT2D eigenvalue weighted by molar-refractivity contribution is 5.81. The number of hydrogen-bond donors (Lipinski definition) is 19. The number of carbonyl (C=O) groups excluding carboxylic acids is 10. The zero-order chi connectivity index (χ0) is 84.0.